The number of aliphatic hydroxyl groups excluding tert-OH is 1. The number of aliphatic carboxylic acids is 1. The number of urea groups is 1. The van der Waals surface area contributed by atoms with E-state index in [2.05, 4.69) is 4.98 Å². The molecule has 0 bridgehead atoms. The van der Waals surface area contributed by atoms with Gasteiger partial charge in [0.05, 0.1) is 18.3 Å². The van der Waals surface area contributed by atoms with Crippen molar-refractivity contribution in [1.29, 1.82) is 0 Å². The number of likely N-dealkylation sites (tertiary alicyclic amines) is 1. The predicted molar refractivity (Wildman–Crippen MR) is 69.9 cm³/mol. The Morgan fingerprint density at radius 2 is 2.25 bits per heavy atom. The Labute approximate surface area is 116 Å². The molecule has 0 saturated carbocycles. The summed E-state index contributed by atoms with van der Waals surface area (Å²) in [5.41, 5.74) is 0.718. The number of carbonyl (C=O) groups excluding carboxylic acids is 1. The number of carboxylic acids is 1. The van der Waals surface area contributed by atoms with Crippen LogP contribution in [0.1, 0.15) is 12.1 Å². The second-order valence-electron chi connectivity index (χ2n) is 4.86. The second-order valence-corrected chi connectivity index (χ2v) is 4.86. The molecule has 0 radical (unpaired) electrons. The monoisotopic (exact) mass is 279 g/mol. The molecule has 20 heavy (non-hydrogen) atoms. The van der Waals surface area contributed by atoms with Gasteiger partial charge in [-0.05, 0) is 12.1 Å². The number of nitrogens with zero attached hydrogens (tertiary/aromatic N) is 3. The summed E-state index contributed by atoms with van der Waals surface area (Å²) in [6.45, 7) is 0.334. The van der Waals surface area contributed by atoms with Crippen LogP contribution in [0.3, 0.4) is 0 Å². The van der Waals surface area contributed by atoms with Gasteiger partial charge in [0.2, 0.25) is 0 Å². The number of rotatable bonds is 3. The molecule has 1 aromatic heterocycles. The topological polar surface area (TPSA) is 94.0 Å². The number of β-amino-alcohol motifs (C(OH)–C–C–N with tert-alkyl or cyclic N) is 1. The molecule has 0 aliphatic carbocycles. The predicted octanol–water partition coefficient (Wildman–Crippen LogP) is 0.153. The first-order valence-electron chi connectivity index (χ1n) is 6.31. The van der Waals surface area contributed by atoms with Crippen molar-refractivity contribution in [2.45, 2.75) is 25.1 Å². The largest absolute Gasteiger partial charge is 0.480 e. The average Bonchev–Trinajstić information content (AvgIpc) is 2.81. The Morgan fingerprint density at radius 1 is 1.50 bits per heavy atom. The van der Waals surface area contributed by atoms with E-state index in [-0.39, 0.29) is 13.0 Å². The third-order valence-corrected chi connectivity index (χ3v) is 3.26. The van der Waals surface area contributed by atoms with Crippen molar-refractivity contribution in [3.8, 4) is 0 Å². The molecule has 2 heterocycles. The number of amides is 2. The van der Waals surface area contributed by atoms with Crippen molar-refractivity contribution in [2.24, 2.45) is 0 Å². The fraction of sp³-hybridized carbons (Fsp3) is 0.462. The summed E-state index contributed by atoms with van der Waals surface area (Å²) >= 11 is 0. The fourth-order valence-corrected chi connectivity index (χ4v) is 2.28. The zero-order chi connectivity index (χ0) is 14.7. The summed E-state index contributed by atoms with van der Waals surface area (Å²) in [6, 6.07) is 4.00. The maximum atomic E-state index is 12.3. The molecule has 2 N–H and O–H groups in total. The van der Waals surface area contributed by atoms with E-state index >= 15 is 0 Å². The second kappa shape index (κ2) is 5.87. The molecule has 2 rings (SSSR count). The molecule has 2 amide bonds. The zero-order valence-corrected chi connectivity index (χ0v) is 11.1. The van der Waals surface area contributed by atoms with E-state index < -0.39 is 24.1 Å². The van der Waals surface area contributed by atoms with Gasteiger partial charge < -0.3 is 20.0 Å². The normalized spacial score (nSPS) is 21.8. The number of carbonyl (C=O) groups is 2. The highest BCUT2D eigenvalue weighted by molar-refractivity contribution is 5.83. The molecule has 2 atom stereocenters. The minimum Gasteiger partial charge on any atom is -0.480 e. The summed E-state index contributed by atoms with van der Waals surface area (Å²) in [5, 5.41) is 18.6. The molecule has 7 nitrogen and oxygen atoms in total. The van der Waals surface area contributed by atoms with Gasteiger partial charge in [0, 0.05) is 26.2 Å². The standard InChI is InChI=1S/C13H17N3O4/c1-15(7-9-4-2-3-5-14-9)13(20)16-8-10(17)6-11(16)12(18)19/h2-5,10-11,17H,6-8H2,1H3,(H,18,19)/t10?,11-/m0/s1. The minimum atomic E-state index is -1.10. The van der Waals surface area contributed by atoms with Crippen LogP contribution >= 0.6 is 0 Å². The van der Waals surface area contributed by atoms with Crippen LogP contribution in [0.2, 0.25) is 0 Å². The maximum Gasteiger partial charge on any atom is 0.326 e. The molecule has 108 valence electrons. The van der Waals surface area contributed by atoms with Crippen LogP contribution < -0.4 is 0 Å². The number of aromatic nitrogens is 1. The van der Waals surface area contributed by atoms with Crippen molar-refractivity contribution < 1.29 is 19.8 Å². The molecule has 1 unspecified atom stereocenters. The first-order chi connectivity index (χ1) is 9.49. The van der Waals surface area contributed by atoms with Crippen LogP contribution in [0.15, 0.2) is 24.4 Å². The van der Waals surface area contributed by atoms with Crippen molar-refractivity contribution in [3.63, 3.8) is 0 Å². The van der Waals surface area contributed by atoms with Gasteiger partial charge in [0.1, 0.15) is 6.04 Å². The maximum absolute atomic E-state index is 12.3. The van der Waals surface area contributed by atoms with E-state index in [0.717, 1.165) is 5.69 Å². The molecule has 1 aliphatic rings. The summed E-state index contributed by atoms with van der Waals surface area (Å²) in [7, 11) is 1.58. The quantitative estimate of drug-likeness (QED) is 0.821. The van der Waals surface area contributed by atoms with Crippen LogP contribution in [-0.2, 0) is 11.3 Å². The smallest absolute Gasteiger partial charge is 0.326 e. The van der Waals surface area contributed by atoms with Crippen molar-refractivity contribution in [2.75, 3.05) is 13.6 Å². The molecule has 1 aliphatic heterocycles. The molecule has 1 saturated heterocycles. The van der Waals surface area contributed by atoms with E-state index in [1.54, 1.807) is 25.4 Å². The lowest BCUT2D eigenvalue weighted by Crippen LogP contribution is -2.46. The molecule has 1 aromatic rings. The van der Waals surface area contributed by atoms with E-state index in [1.165, 1.54) is 9.80 Å². The van der Waals surface area contributed by atoms with Crippen LogP contribution in [0.4, 0.5) is 4.79 Å². The van der Waals surface area contributed by atoms with Gasteiger partial charge in [0.25, 0.3) is 0 Å². The number of hydrogen-bond donors (Lipinski definition) is 2. The van der Waals surface area contributed by atoms with Gasteiger partial charge in [0.15, 0.2) is 0 Å². The Bertz CT molecular complexity index is 494. The number of pyridine rings is 1. The zero-order valence-electron chi connectivity index (χ0n) is 11.1. The molecular weight excluding hydrogens is 262 g/mol. The van der Waals surface area contributed by atoms with E-state index in [9.17, 15) is 14.7 Å². The molecule has 0 aromatic carbocycles. The Balaban J connectivity index is 2.04. The van der Waals surface area contributed by atoms with E-state index in [0.29, 0.717) is 6.54 Å². The third-order valence-electron chi connectivity index (χ3n) is 3.26. The number of carboxylic acid groups (broad SMARTS) is 1. The molecule has 0 spiro atoms. The van der Waals surface area contributed by atoms with E-state index in [4.69, 9.17) is 5.11 Å². The van der Waals surface area contributed by atoms with Gasteiger partial charge in [-0.15, -0.1) is 0 Å². The van der Waals surface area contributed by atoms with Crippen LogP contribution in [0.5, 0.6) is 0 Å². The van der Waals surface area contributed by atoms with Gasteiger partial charge in [-0.3, -0.25) is 4.98 Å². The van der Waals surface area contributed by atoms with Crippen molar-refractivity contribution in [3.05, 3.63) is 30.1 Å². The molecule has 7 heteroatoms. The lowest BCUT2D eigenvalue weighted by molar-refractivity contribution is -0.141. The van der Waals surface area contributed by atoms with Gasteiger partial charge in [-0.25, -0.2) is 9.59 Å². The highest BCUT2D eigenvalue weighted by Gasteiger charge is 2.40. The van der Waals surface area contributed by atoms with Crippen molar-refractivity contribution in [1.82, 2.24) is 14.8 Å². The number of hydrogen-bond acceptors (Lipinski definition) is 4. The van der Waals surface area contributed by atoms with Crippen molar-refractivity contribution >= 4 is 12.0 Å². The lowest BCUT2D eigenvalue weighted by atomic mass is 10.2. The molecular formula is C13H17N3O4. The first kappa shape index (κ1) is 14.3. The first-order valence-corrected chi connectivity index (χ1v) is 6.31. The highest BCUT2D eigenvalue weighted by Crippen LogP contribution is 2.20. The van der Waals surface area contributed by atoms with Gasteiger partial charge >= 0.3 is 12.0 Å². The van der Waals surface area contributed by atoms with Crippen LogP contribution in [-0.4, -0.2) is 62.7 Å². The summed E-state index contributed by atoms with van der Waals surface area (Å²) in [5.74, 6) is -1.10. The molecule has 1 fully saturated rings. The van der Waals surface area contributed by atoms with Gasteiger partial charge in [-0.2, -0.15) is 0 Å². The fourth-order valence-electron chi connectivity index (χ4n) is 2.28. The van der Waals surface area contributed by atoms with Crippen LogP contribution in [0.25, 0.3) is 0 Å². The highest BCUT2D eigenvalue weighted by atomic mass is 16.4. The minimum absolute atomic E-state index is 0.0440. The SMILES string of the molecule is CN(Cc1ccccn1)C(=O)N1CC(O)C[C@H]1C(=O)O. The van der Waals surface area contributed by atoms with E-state index in [1.807, 2.05) is 6.07 Å². The van der Waals surface area contributed by atoms with Gasteiger partial charge in [-0.1, -0.05) is 6.07 Å². The Kier molecular flexibility index (Phi) is 4.19. The average molecular weight is 279 g/mol. The Hall–Kier alpha value is -2.15. The van der Waals surface area contributed by atoms with Crippen LogP contribution in [0, 0.1) is 0 Å². The Morgan fingerprint density at radius 3 is 2.85 bits per heavy atom. The summed E-state index contributed by atoms with van der Waals surface area (Å²) in [4.78, 5) is 30.1. The summed E-state index contributed by atoms with van der Waals surface area (Å²) < 4.78 is 0. The third kappa shape index (κ3) is 3.05. The lowest BCUT2D eigenvalue weighted by Gasteiger charge is -2.27. The number of aliphatic hydroxyl groups is 1. The summed E-state index contributed by atoms with van der Waals surface area (Å²) in [6.07, 6.45) is 0.912.